The van der Waals surface area contributed by atoms with Gasteiger partial charge in [-0.25, -0.2) is 4.79 Å². The lowest BCUT2D eigenvalue weighted by molar-refractivity contribution is 0.0494. The summed E-state index contributed by atoms with van der Waals surface area (Å²) in [6.45, 7) is 0.177. The van der Waals surface area contributed by atoms with Crippen molar-refractivity contribution >= 4 is 29.3 Å². The second kappa shape index (κ2) is 7.01. The van der Waals surface area contributed by atoms with E-state index in [1.165, 1.54) is 4.90 Å². The molecule has 3 rings (SSSR count). The molecule has 0 heterocycles. The SMILES string of the molecule is CN(C(=O)OCc1ccccc1)C1c2cc(Cl)cc(Cl)c2CC1O. The molecule has 0 aromatic heterocycles. The number of hydrogen-bond acceptors (Lipinski definition) is 3. The zero-order chi connectivity index (χ0) is 17.3. The molecule has 1 aliphatic rings. The van der Waals surface area contributed by atoms with Crippen molar-refractivity contribution in [2.24, 2.45) is 0 Å². The summed E-state index contributed by atoms with van der Waals surface area (Å²) in [7, 11) is 1.60. The fourth-order valence-corrected chi connectivity index (χ4v) is 3.62. The van der Waals surface area contributed by atoms with Crippen LogP contribution in [0.15, 0.2) is 42.5 Å². The molecule has 24 heavy (non-hydrogen) atoms. The van der Waals surface area contributed by atoms with E-state index >= 15 is 0 Å². The number of fused-ring (bicyclic) bond motifs is 1. The molecule has 2 aromatic rings. The van der Waals surface area contributed by atoms with Crippen LogP contribution in [0.5, 0.6) is 0 Å². The lowest BCUT2D eigenvalue weighted by Crippen LogP contribution is -2.36. The maximum atomic E-state index is 12.4. The van der Waals surface area contributed by atoms with Crippen molar-refractivity contribution in [2.45, 2.75) is 25.2 Å². The molecule has 6 heteroatoms. The molecule has 0 bridgehead atoms. The van der Waals surface area contributed by atoms with Crippen LogP contribution in [0.2, 0.25) is 10.0 Å². The van der Waals surface area contributed by atoms with Crippen LogP contribution in [0.25, 0.3) is 0 Å². The highest BCUT2D eigenvalue weighted by Gasteiger charge is 2.38. The lowest BCUT2D eigenvalue weighted by Gasteiger charge is -2.27. The van der Waals surface area contributed by atoms with E-state index in [2.05, 4.69) is 0 Å². The minimum absolute atomic E-state index is 0.177. The van der Waals surface area contributed by atoms with E-state index in [0.29, 0.717) is 16.5 Å². The number of nitrogens with zero attached hydrogens (tertiary/aromatic N) is 1. The molecule has 0 aliphatic heterocycles. The maximum Gasteiger partial charge on any atom is 0.410 e. The first-order valence-electron chi connectivity index (χ1n) is 7.56. The molecule has 2 atom stereocenters. The molecule has 1 amide bonds. The van der Waals surface area contributed by atoms with Gasteiger partial charge >= 0.3 is 6.09 Å². The molecule has 2 unspecified atom stereocenters. The predicted octanol–water partition coefficient (Wildman–Crippen LogP) is 4.22. The van der Waals surface area contributed by atoms with Gasteiger partial charge in [-0.3, -0.25) is 0 Å². The smallest absolute Gasteiger partial charge is 0.410 e. The Hall–Kier alpha value is -1.75. The average molecular weight is 366 g/mol. The van der Waals surface area contributed by atoms with Gasteiger partial charge in [-0.15, -0.1) is 0 Å². The lowest BCUT2D eigenvalue weighted by atomic mass is 10.1. The maximum absolute atomic E-state index is 12.4. The molecular weight excluding hydrogens is 349 g/mol. The third kappa shape index (κ3) is 3.36. The number of hydrogen-bond donors (Lipinski definition) is 1. The largest absolute Gasteiger partial charge is 0.445 e. The van der Waals surface area contributed by atoms with Crippen LogP contribution in [0.1, 0.15) is 22.7 Å². The fraction of sp³-hybridized carbons (Fsp3) is 0.278. The minimum atomic E-state index is -0.745. The normalized spacial score (nSPS) is 19.0. The van der Waals surface area contributed by atoms with E-state index in [4.69, 9.17) is 27.9 Å². The monoisotopic (exact) mass is 365 g/mol. The number of likely N-dealkylation sites (N-methyl/N-ethyl adjacent to an activating group) is 1. The van der Waals surface area contributed by atoms with Crippen molar-refractivity contribution < 1.29 is 14.6 Å². The van der Waals surface area contributed by atoms with E-state index < -0.39 is 18.2 Å². The first kappa shape index (κ1) is 17.1. The highest BCUT2D eigenvalue weighted by atomic mass is 35.5. The second-order valence-electron chi connectivity index (χ2n) is 5.82. The minimum Gasteiger partial charge on any atom is -0.445 e. The Labute approximate surface area is 150 Å². The van der Waals surface area contributed by atoms with E-state index in [1.54, 1.807) is 19.2 Å². The Morgan fingerprint density at radius 2 is 2.00 bits per heavy atom. The summed E-state index contributed by atoms with van der Waals surface area (Å²) in [6.07, 6.45) is -0.871. The molecule has 0 fully saturated rings. The van der Waals surface area contributed by atoms with Crippen molar-refractivity contribution in [1.29, 1.82) is 0 Å². The molecule has 126 valence electrons. The first-order valence-corrected chi connectivity index (χ1v) is 8.32. The Kier molecular flexibility index (Phi) is 4.99. The fourth-order valence-electron chi connectivity index (χ4n) is 3.03. The van der Waals surface area contributed by atoms with Gasteiger partial charge in [-0.05, 0) is 28.8 Å². The number of benzene rings is 2. The predicted molar refractivity (Wildman–Crippen MR) is 93.3 cm³/mol. The third-order valence-corrected chi connectivity index (χ3v) is 4.76. The number of halogens is 2. The summed E-state index contributed by atoms with van der Waals surface area (Å²) in [4.78, 5) is 13.8. The van der Waals surface area contributed by atoms with Crippen molar-refractivity contribution in [3.8, 4) is 0 Å². The molecule has 0 saturated carbocycles. The van der Waals surface area contributed by atoms with Crippen LogP contribution in [0.3, 0.4) is 0 Å². The summed E-state index contributed by atoms with van der Waals surface area (Å²) in [6, 6.07) is 12.3. The molecular formula is C18H17Cl2NO3. The number of aliphatic hydroxyl groups is 1. The summed E-state index contributed by atoms with van der Waals surface area (Å²) in [5, 5.41) is 11.4. The number of carbonyl (C=O) groups is 1. The zero-order valence-electron chi connectivity index (χ0n) is 13.1. The van der Waals surface area contributed by atoms with Gasteiger partial charge in [0.1, 0.15) is 6.61 Å². The van der Waals surface area contributed by atoms with Crippen LogP contribution in [0, 0.1) is 0 Å². The highest BCUT2D eigenvalue weighted by Crippen LogP contribution is 2.41. The van der Waals surface area contributed by atoms with Gasteiger partial charge in [-0.1, -0.05) is 53.5 Å². The third-order valence-electron chi connectivity index (χ3n) is 4.20. The molecule has 0 radical (unpaired) electrons. The zero-order valence-corrected chi connectivity index (χ0v) is 14.6. The standard InChI is InChI=1S/C18H17Cl2NO3/c1-21(18(23)24-10-11-5-3-2-4-6-11)17-14-7-12(19)8-15(20)13(14)9-16(17)22/h2-8,16-17,22H,9-10H2,1H3. The van der Waals surface area contributed by atoms with E-state index in [-0.39, 0.29) is 6.61 Å². The van der Waals surface area contributed by atoms with Crippen molar-refractivity contribution in [3.63, 3.8) is 0 Å². The summed E-state index contributed by atoms with van der Waals surface area (Å²) >= 11 is 12.3. The summed E-state index contributed by atoms with van der Waals surface area (Å²) < 4.78 is 5.34. The summed E-state index contributed by atoms with van der Waals surface area (Å²) in [5.74, 6) is 0. The topological polar surface area (TPSA) is 49.8 Å². The quantitative estimate of drug-likeness (QED) is 0.885. The van der Waals surface area contributed by atoms with E-state index in [0.717, 1.165) is 16.7 Å². The van der Waals surface area contributed by atoms with Gasteiger partial charge in [0.2, 0.25) is 0 Å². The number of rotatable bonds is 3. The molecule has 2 aromatic carbocycles. The van der Waals surface area contributed by atoms with Gasteiger partial charge in [0.05, 0.1) is 12.1 Å². The molecule has 0 spiro atoms. The summed E-state index contributed by atoms with van der Waals surface area (Å²) in [5.41, 5.74) is 2.48. The van der Waals surface area contributed by atoms with Gasteiger partial charge in [0.15, 0.2) is 0 Å². The van der Waals surface area contributed by atoms with Crippen molar-refractivity contribution in [2.75, 3.05) is 7.05 Å². The molecule has 1 N–H and O–H groups in total. The van der Waals surface area contributed by atoms with Crippen molar-refractivity contribution in [1.82, 2.24) is 4.90 Å². The molecule has 1 aliphatic carbocycles. The highest BCUT2D eigenvalue weighted by molar-refractivity contribution is 6.35. The van der Waals surface area contributed by atoms with Gasteiger partial charge in [-0.2, -0.15) is 0 Å². The number of carbonyl (C=O) groups excluding carboxylic acids is 1. The van der Waals surface area contributed by atoms with E-state index in [9.17, 15) is 9.90 Å². The van der Waals surface area contributed by atoms with Crippen LogP contribution < -0.4 is 0 Å². The van der Waals surface area contributed by atoms with Gasteiger partial charge in [0.25, 0.3) is 0 Å². The van der Waals surface area contributed by atoms with Crippen LogP contribution in [-0.4, -0.2) is 29.3 Å². The van der Waals surface area contributed by atoms with Crippen LogP contribution in [0.4, 0.5) is 4.79 Å². The second-order valence-corrected chi connectivity index (χ2v) is 6.67. The Morgan fingerprint density at radius 3 is 2.71 bits per heavy atom. The number of amides is 1. The van der Waals surface area contributed by atoms with Crippen LogP contribution in [-0.2, 0) is 17.8 Å². The number of aliphatic hydroxyl groups excluding tert-OH is 1. The van der Waals surface area contributed by atoms with Gasteiger partial charge < -0.3 is 14.7 Å². The Balaban J connectivity index is 1.75. The molecule has 0 saturated heterocycles. The Bertz CT molecular complexity index is 751. The number of ether oxygens (including phenoxy) is 1. The van der Waals surface area contributed by atoms with E-state index in [1.807, 2.05) is 30.3 Å². The Morgan fingerprint density at radius 1 is 1.29 bits per heavy atom. The van der Waals surface area contributed by atoms with Crippen molar-refractivity contribution in [3.05, 3.63) is 69.2 Å². The average Bonchev–Trinajstić information content (AvgIpc) is 2.89. The van der Waals surface area contributed by atoms with Gasteiger partial charge in [0, 0.05) is 23.5 Å². The van der Waals surface area contributed by atoms with Crippen LogP contribution >= 0.6 is 23.2 Å². The first-order chi connectivity index (χ1) is 11.5. The molecule has 4 nitrogen and oxygen atoms in total.